The predicted octanol–water partition coefficient (Wildman–Crippen LogP) is 3.62. The molecule has 2 aromatic carbocycles. The molecule has 7 nitrogen and oxygen atoms in total. The number of amides is 2. The first-order valence-corrected chi connectivity index (χ1v) is 12.3. The molecule has 1 N–H and O–H groups in total. The third kappa shape index (κ3) is 5.96. The molecule has 1 atom stereocenters. The lowest BCUT2D eigenvalue weighted by Crippen LogP contribution is -2.43. The smallest absolute Gasteiger partial charge is 0.251 e. The zero-order valence-electron chi connectivity index (χ0n) is 20.2. The number of piperidine rings is 1. The Hall–Kier alpha value is -2.90. The molecule has 2 aliphatic heterocycles. The lowest BCUT2D eigenvalue weighted by atomic mass is 9.96. The maximum absolute atomic E-state index is 12.9. The second kappa shape index (κ2) is 11.5. The number of likely N-dealkylation sites (tertiary alicyclic amines) is 1. The Morgan fingerprint density at radius 3 is 2.29 bits per heavy atom. The largest absolute Gasteiger partial charge is 0.497 e. The molecule has 0 unspecified atom stereocenters. The SMILES string of the molecule is CCCOc1ccc(N2C(=O)C[C@@H](NCC3CCN(Cc4ccc(OC)cc4)CC3)C2=O)cc1. The quantitative estimate of drug-likeness (QED) is 0.541. The van der Waals surface area contributed by atoms with Crippen LogP contribution in [0.15, 0.2) is 48.5 Å². The van der Waals surface area contributed by atoms with Gasteiger partial charge in [0.2, 0.25) is 5.91 Å². The molecule has 0 spiro atoms. The van der Waals surface area contributed by atoms with Gasteiger partial charge >= 0.3 is 0 Å². The number of carbonyl (C=O) groups excluding carboxylic acids is 2. The molecule has 0 bridgehead atoms. The lowest BCUT2D eigenvalue weighted by molar-refractivity contribution is -0.121. The van der Waals surface area contributed by atoms with E-state index in [4.69, 9.17) is 9.47 Å². The number of benzene rings is 2. The lowest BCUT2D eigenvalue weighted by Gasteiger charge is -2.32. The van der Waals surface area contributed by atoms with E-state index in [-0.39, 0.29) is 18.2 Å². The van der Waals surface area contributed by atoms with E-state index in [9.17, 15) is 9.59 Å². The fourth-order valence-electron chi connectivity index (χ4n) is 4.62. The molecule has 2 aliphatic rings. The average Bonchev–Trinajstić information content (AvgIpc) is 3.16. The maximum Gasteiger partial charge on any atom is 0.251 e. The molecule has 0 aliphatic carbocycles. The van der Waals surface area contributed by atoms with Crippen LogP contribution in [0, 0.1) is 5.92 Å². The molecule has 0 radical (unpaired) electrons. The summed E-state index contributed by atoms with van der Waals surface area (Å²) in [5.41, 5.74) is 1.90. The van der Waals surface area contributed by atoms with E-state index in [0.717, 1.165) is 56.9 Å². The van der Waals surface area contributed by atoms with E-state index >= 15 is 0 Å². The first-order chi connectivity index (χ1) is 16.6. The van der Waals surface area contributed by atoms with Crippen molar-refractivity contribution in [1.82, 2.24) is 10.2 Å². The molecule has 2 fully saturated rings. The van der Waals surface area contributed by atoms with Crippen molar-refractivity contribution >= 4 is 17.5 Å². The second-order valence-corrected chi connectivity index (χ2v) is 9.14. The van der Waals surface area contributed by atoms with Crippen molar-refractivity contribution in [1.29, 1.82) is 0 Å². The van der Waals surface area contributed by atoms with Crippen LogP contribution < -0.4 is 19.7 Å². The number of ether oxygens (including phenoxy) is 2. The Balaban J connectivity index is 1.22. The van der Waals surface area contributed by atoms with Crippen LogP contribution in [0.1, 0.15) is 38.2 Å². The molecule has 2 aromatic rings. The predicted molar refractivity (Wildman–Crippen MR) is 132 cm³/mol. The van der Waals surface area contributed by atoms with Crippen LogP contribution >= 0.6 is 0 Å². The van der Waals surface area contributed by atoms with Crippen LogP contribution in [0.5, 0.6) is 11.5 Å². The Bertz CT molecular complexity index is 953. The van der Waals surface area contributed by atoms with Crippen LogP contribution in [0.4, 0.5) is 5.69 Å². The molecule has 2 amide bonds. The van der Waals surface area contributed by atoms with Gasteiger partial charge in [0.25, 0.3) is 5.91 Å². The fourth-order valence-corrected chi connectivity index (χ4v) is 4.62. The number of imide groups is 1. The Labute approximate surface area is 202 Å². The summed E-state index contributed by atoms with van der Waals surface area (Å²) >= 11 is 0. The van der Waals surface area contributed by atoms with Crippen LogP contribution in [-0.4, -0.2) is 56.1 Å². The minimum atomic E-state index is -0.444. The van der Waals surface area contributed by atoms with Crippen molar-refractivity contribution in [2.45, 2.75) is 45.2 Å². The molecule has 7 heteroatoms. The van der Waals surface area contributed by atoms with Crippen molar-refractivity contribution < 1.29 is 19.1 Å². The average molecular weight is 466 g/mol. The summed E-state index contributed by atoms with van der Waals surface area (Å²) in [6, 6.07) is 15.0. The van der Waals surface area contributed by atoms with Crippen molar-refractivity contribution in [3.05, 3.63) is 54.1 Å². The molecular formula is C27H35N3O4. The maximum atomic E-state index is 12.9. The monoisotopic (exact) mass is 465 g/mol. The van der Waals surface area contributed by atoms with Gasteiger partial charge in [0, 0.05) is 6.54 Å². The van der Waals surface area contributed by atoms with E-state index in [1.807, 2.05) is 24.3 Å². The zero-order valence-corrected chi connectivity index (χ0v) is 20.2. The molecule has 2 saturated heterocycles. The first-order valence-electron chi connectivity index (χ1n) is 12.3. The van der Waals surface area contributed by atoms with Gasteiger partial charge in [0.15, 0.2) is 0 Å². The molecule has 0 saturated carbocycles. The number of carbonyl (C=O) groups is 2. The highest BCUT2D eigenvalue weighted by atomic mass is 16.5. The standard InChI is InChI=1S/C27H35N3O4/c1-3-16-34-24-10-6-22(7-11-24)30-26(31)17-25(27(30)32)28-18-20-12-14-29(15-13-20)19-21-4-8-23(33-2)9-5-21/h4-11,20,25,28H,3,12-19H2,1-2H3/t25-/m1/s1. The first kappa shape index (κ1) is 24.2. The number of methoxy groups -OCH3 is 1. The van der Waals surface area contributed by atoms with Gasteiger partial charge in [0.05, 0.1) is 31.9 Å². The van der Waals surface area contributed by atoms with Crippen molar-refractivity contribution in [2.75, 3.05) is 38.3 Å². The number of anilines is 1. The van der Waals surface area contributed by atoms with Crippen molar-refractivity contribution in [2.24, 2.45) is 5.92 Å². The Kier molecular flexibility index (Phi) is 8.19. The highest BCUT2D eigenvalue weighted by Gasteiger charge is 2.39. The van der Waals surface area contributed by atoms with E-state index in [0.29, 0.717) is 18.2 Å². The van der Waals surface area contributed by atoms with Gasteiger partial charge in [-0.15, -0.1) is 0 Å². The number of hydrogen-bond donors (Lipinski definition) is 1. The van der Waals surface area contributed by atoms with Gasteiger partial charge in [0.1, 0.15) is 11.5 Å². The van der Waals surface area contributed by atoms with E-state index in [1.165, 1.54) is 10.5 Å². The minimum Gasteiger partial charge on any atom is -0.497 e. The molecule has 2 heterocycles. The van der Waals surface area contributed by atoms with Gasteiger partial charge in [-0.05, 0) is 86.8 Å². The van der Waals surface area contributed by atoms with Crippen molar-refractivity contribution in [3.63, 3.8) is 0 Å². The second-order valence-electron chi connectivity index (χ2n) is 9.14. The summed E-state index contributed by atoms with van der Waals surface area (Å²) in [7, 11) is 1.68. The molecular weight excluding hydrogens is 430 g/mol. The number of nitrogens with zero attached hydrogens (tertiary/aromatic N) is 2. The third-order valence-electron chi connectivity index (χ3n) is 6.64. The summed E-state index contributed by atoms with van der Waals surface area (Å²) in [4.78, 5) is 29.3. The normalized spacial score (nSPS) is 19.6. The summed E-state index contributed by atoms with van der Waals surface area (Å²) in [5, 5.41) is 3.38. The summed E-state index contributed by atoms with van der Waals surface area (Å²) in [6.07, 6.45) is 3.31. The van der Waals surface area contributed by atoms with Gasteiger partial charge in [-0.1, -0.05) is 19.1 Å². The Morgan fingerprint density at radius 2 is 1.65 bits per heavy atom. The Morgan fingerprint density at radius 1 is 0.971 bits per heavy atom. The van der Waals surface area contributed by atoms with Gasteiger partial charge in [-0.3, -0.25) is 14.5 Å². The summed E-state index contributed by atoms with van der Waals surface area (Å²) in [6.45, 7) is 6.47. The van der Waals surface area contributed by atoms with E-state index in [2.05, 4.69) is 29.3 Å². The molecule has 4 rings (SSSR count). The fraction of sp³-hybridized carbons (Fsp3) is 0.481. The topological polar surface area (TPSA) is 71.1 Å². The molecule has 0 aromatic heterocycles. The molecule has 34 heavy (non-hydrogen) atoms. The van der Waals surface area contributed by atoms with Gasteiger partial charge in [-0.2, -0.15) is 0 Å². The number of nitrogens with one attached hydrogen (secondary N) is 1. The van der Waals surface area contributed by atoms with E-state index in [1.54, 1.807) is 19.2 Å². The van der Waals surface area contributed by atoms with Crippen LogP contribution in [0.2, 0.25) is 0 Å². The van der Waals surface area contributed by atoms with E-state index < -0.39 is 6.04 Å². The van der Waals surface area contributed by atoms with Crippen LogP contribution in [0.3, 0.4) is 0 Å². The highest BCUT2D eigenvalue weighted by Crippen LogP contribution is 2.26. The van der Waals surface area contributed by atoms with Gasteiger partial charge < -0.3 is 14.8 Å². The third-order valence-corrected chi connectivity index (χ3v) is 6.64. The summed E-state index contributed by atoms with van der Waals surface area (Å²) < 4.78 is 10.8. The minimum absolute atomic E-state index is 0.154. The highest BCUT2D eigenvalue weighted by molar-refractivity contribution is 6.22. The number of rotatable bonds is 10. The molecule has 182 valence electrons. The van der Waals surface area contributed by atoms with Crippen LogP contribution in [0.25, 0.3) is 0 Å². The zero-order chi connectivity index (χ0) is 23.9. The number of hydrogen-bond acceptors (Lipinski definition) is 6. The van der Waals surface area contributed by atoms with Crippen LogP contribution in [-0.2, 0) is 16.1 Å². The van der Waals surface area contributed by atoms with Gasteiger partial charge in [-0.25, -0.2) is 4.90 Å². The van der Waals surface area contributed by atoms with Crippen molar-refractivity contribution in [3.8, 4) is 11.5 Å². The summed E-state index contributed by atoms with van der Waals surface area (Å²) in [5.74, 6) is 1.82.